The summed E-state index contributed by atoms with van der Waals surface area (Å²) in [6.07, 6.45) is 1.60. The van der Waals surface area contributed by atoms with E-state index in [1.165, 1.54) is 36.3 Å². The van der Waals surface area contributed by atoms with Crippen molar-refractivity contribution in [2.45, 2.75) is 6.92 Å². The molecule has 1 heterocycles. The van der Waals surface area contributed by atoms with E-state index in [0.717, 1.165) is 11.8 Å². The summed E-state index contributed by atoms with van der Waals surface area (Å²) >= 11 is 4.26. The molecule has 1 N–H and O–H groups in total. The zero-order valence-electron chi connectivity index (χ0n) is 16.6. The molecule has 0 bridgehead atoms. The molecule has 0 unspecified atom stereocenters. The molecule has 3 rings (SSSR count). The highest BCUT2D eigenvalue weighted by atomic mass is 79.9. The summed E-state index contributed by atoms with van der Waals surface area (Å²) < 4.78 is 24.4. The Bertz CT molecular complexity index is 1060. The highest BCUT2D eigenvalue weighted by molar-refractivity contribution is 9.10. The Balaban J connectivity index is 1.73. The summed E-state index contributed by atoms with van der Waals surface area (Å²) in [6.45, 7) is 1.74. The highest BCUT2D eigenvalue weighted by Crippen LogP contribution is 2.39. The van der Waals surface area contributed by atoms with Crippen LogP contribution in [0.4, 0.5) is 14.9 Å². The Labute approximate surface area is 190 Å². The molecule has 0 spiro atoms. The number of imide groups is 1. The number of carbonyl (C=O) groups is 3. The number of likely N-dealkylation sites (N-methyl/N-ethyl adjacent to an activating group) is 1. The first kappa shape index (κ1) is 22.8. The molecule has 2 aromatic rings. The van der Waals surface area contributed by atoms with Crippen LogP contribution in [0.5, 0.6) is 11.5 Å². The van der Waals surface area contributed by atoms with Crippen LogP contribution in [-0.4, -0.2) is 42.2 Å². The molecule has 1 aliphatic heterocycles. The zero-order valence-corrected chi connectivity index (χ0v) is 19.0. The maximum Gasteiger partial charge on any atom is 0.293 e. The summed E-state index contributed by atoms with van der Waals surface area (Å²) in [5.74, 6) is -0.536. The lowest BCUT2D eigenvalue weighted by Gasteiger charge is -2.14. The van der Waals surface area contributed by atoms with Crippen molar-refractivity contribution < 1.29 is 28.2 Å². The molecule has 0 aliphatic carbocycles. The third-order valence-corrected chi connectivity index (χ3v) is 5.71. The Hall–Kier alpha value is -2.85. The van der Waals surface area contributed by atoms with Gasteiger partial charge in [-0.2, -0.15) is 0 Å². The first-order chi connectivity index (χ1) is 14.8. The monoisotopic (exact) mass is 508 g/mol. The topological polar surface area (TPSA) is 84.9 Å². The van der Waals surface area contributed by atoms with E-state index in [2.05, 4.69) is 21.2 Å². The molecule has 2 aromatic carbocycles. The summed E-state index contributed by atoms with van der Waals surface area (Å²) in [7, 11) is 1.45. The van der Waals surface area contributed by atoms with Gasteiger partial charge in [0.15, 0.2) is 18.1 Å². The standard InChI is InChI=1S/C21H18BrFN2O5S/c1-3-25-20(27)17(31-21(25)28)10-12-8-15(22)19(16(9-12)29-2)30-11-18(26)24-14-6-4-13(23)5-7-14/h4-10H,3,11H2,1-2H3,(H,24,26)/b17-10+. The number of hydrogen-bond donors (Lipinski definition) is 1. The minimum atomic E-state index is -0.433. The fraction of sp³-hybridized carbons (Fsp3) is 0.190. The number of methoxy groups -OCH3 is 1. The van der Waals surface area contributed by atoms with E-state index in [0.29, 0.717) is 38.7 Å². The second-order valence-corrected chi connectivity index (χ2v) is 8.15. The molecule has 1 saturated heterocycles. The average molecular weight is 509 g/mol. The van der Waals surface area contributed by atoms with Gasteiger partial charge < -0.3 is 14.8 Å². The number of nitrogens with one attached hydrogen (secondary N) is 1. The second kappa shape index (κ2) is 9.97. The number of hydrogen-bond acceptors (Lipinski definition) is 6. The predicted octanol–water partition coefficient (Wildman–Crippen LogP) is 4.67. The van der Waals surface area contributed by atoms with Crippen LogP contribution in [0.2, 0.25) is 0 Å². The van der Waals surface area contributed by atoms with Crippen molar-refractivity contribution in [2.75, 3.05) is 25.6 Å². The second-order valence-electron chi connectivity index (χ2n) is 6.30. The SMILES string of the molecule is CCN1C(=O)S/C(=C/c2cc(Br)c(OCC(=O)Nc3ccc(F)cc3)c(OC)c2)C1=O. The van der Waals surface area contributed by atoms with Crippen molar-refractivity contribution in [2.24, 2.45) is 0 Å². The van der Waals surface area contributed by atoms with E-state index >= 15 is 0 Å². The first-order valence-corrected chi connectivity index (χ1v) is 10.7. The average Bonchev–Trinajstić information content (AvgIpc) is 3.00. The summed E-state index contributed by atoms with van der Waals surface area (Å²) in [4.78, 5) is 37.8. The van der Waals surface area contributed by atoms with Crippen molar-refractivity contribution in [1.82, 2.24) is 4.90 Å². The number of anilines is 1. The summed E-state index contributed by atoms with van der Waals surface area (Å²) in [5, 5.41) is 2.29. The highest BCUT2D eigenvalue weighted by Gasteiger charge is 2.33. The quantitative estimate of drug-likeness (QED) is 0.547. The lowest BCUT2D eigenvalue weighted by molar-refractivity contribution is -0.122. The summed E-state index contributed by atoms with van der Waals surface area (Å²) in [5.41, 5.74) is 1.06. The third-order valence-electron chi connectivity index (χ3n) is 4.21. The molecular formula is C21H18BrFN2O5S. The van der Waals surface area contributed by atoms with Crippen LogP contribution in [0, 0.1) is 5.82 Å². The van der Waals surface area contributed by atoms with Crippen LogP contribution < -0.4 is 14.8 Å². The molecule has 0 saturated carbocycles. The molecule has 162 valence electrons. The molecule has 31 heavy (non-hydrogen) atoms. The largest absolute Gasteiger partial charge is 0.493 e. The first-order valence-electron chi connectivity index (χ1n) is 9.13. The number of halogens is 2. The van der Waals surface area contributed by atoms with Crippen molar-refractivity contribution in [3.8, 4) is 11.5 Å². The van der Waals surface area contributed by atoms with Gasteiger partial charge >= 0.3 is 0 Å². The molecule has 1 fully saturated rings. The van der Waals surface area contributed by atoms with E-state index in [9.17, 15) is 18.8 Å². The van der Waals surface area contributed by atoms with Crippen LogP contribution in [0.3, 0.4) is 0 Å². The van der Waals surface area contributed by atoms with Gasteiger partial charge in [-0.05, 0) is 82.7 Å². The van der Waals surface area contributed by atoms with Gasteiger partial charge in [0.25, 0.3) is 17.1 Å². The number of nitrogens with zero attached hydrogens (tertiary/aromatic N) is 1. The van der Waals surface area contributed by atoms with Crippen LogP contribution in [-0.2, 0) is 9.59 Å². The maximum atomic E-state index is 13.0. The van der Waals surface area contributed by atoms with E-state index in [4.69, 9.17) is 9.47 Å². The van der Waals surface area contributed by atoms with Gasteiger partial charge in [-0.1, -0.05) is 0 Å². The van der Waals surface area contributed by atoms with Crippen molar-refractivity contribution in [1.29, 1.82) is 0 Å². The maximum absolute atomic E-state index is 13.0. The molecular weight excluding hydrogens is 491 g/mol. The van der Waals surface area contributed by atoms with E-state index < -0.39 is 11.7 Å². The number of thioether (sulfide) groups is 1. The number of carbonyl (C=O) groups excluding carboxylic acids is 3. The fourth-order valence-electron chi connectivity index (χ4n) is 2.76. The smallest absolute Gasteiger partial charge is 0.293 e. The van der Waals surface area contributed by atoms with Gasteiger partial charge in [0, 0.05) is 12.2 Å². The Morgan fingerprint density at radius 2 is 1.97 bits per heavy atom. The van der Waals surface area contributed by atoms with Crippen molar-refractivity contribution in [3.63, 3.8) is 0 Å². The third kappa shape index (κ3) is 5.45. The molecule has 0 radical (unpaired) electrons. The molecule has 3 amide bonds. The number of benzene rings is 2. The predicted molar refractivity (Wildman–Crippen MR) is 120 cm³/mol. The van der Waals surface area contributed by atoms with Gasteiger partial charge in [-0.3, -0.25) is 19.3 Å². The number of ether oxygens (including phenoxy) is 2. The van der Waals surface area contributed by atoms with Crippen LogP contribution in [0.1, 0.15) is 12.5 Å². The van der Waals surface area contributed by atoms with Gasteiger partial charge in [0.2, 0.25) is 0 Å². The Kier molecular flexibility index (Phi) is 7.34. The Morgan fingerprint density at radius 1 is 1.26 bits per heavy atom. The number of amides is 3. The van der Waals surface area contributed by atoms with E-state index in [1.807, 2.05) is 0 Å². The Morgan fingerprint density at radius 3 is 2.58 bits per heavy atom. The van der Waals surface area contributed by atoms with Crippen molar-refractivity contribution >= 4 is 56.5 Å². The minimum absolute atomic E-state index is 0.301. The molecule has 10 heteroatoms. The van der Waals surface area contributed by atoms with Gasteiger partial charge in [-0.15, -0.1) is 0 Å². The lowest BCUT2D eigenvalue weighted by atomic mass is 10.2. The van der Waals surface area contributed by atoms with Gasteiger partial charge in [0.05, 0.1) is 16.5 Å². The molecule has 1 aliphatic rings. The summed E-state index contributed by atoms with van der Waals surface area (Å²) in [6, 6.07) is 8.69. The molecule has 0 atom stereocenters. The fourth-order valence-corrected chi connectivity index (χ4v) is 4.23. The number of rotatable bonds is 7. The van der Waals surface area contributed by atoms with Gasteiger partial charge in [0.1, 0.15) is 5.82 Å². The van der Waals surface area contributed by atoms with Gasteiger partial charge in [-0.25, -0.2) is 4.39 Å². The van der Waals surface area contributed by atoms with E-state index in [-0.39, 0.29) is 17.8 Å². The molecule has 0 aromatic heterocycles. The lowest BCUT2D eigenvalue weighted by Crippen LogP contribution is -2.27. The van der Waals surface area contributed by atoms with Crippen LogP contribution in [0.15, 0.2) is 45.8 Å². The minimum Gasteiger partial charge on any atom is -0.493 e. The normalized spacial score (nSPS) is 14.8. The molecule has 7 nitrogen and oxygen atoms in total. The van der Waals surface area contributed by atoms with Crippen LogP contribution in [0.25, 0.3) is 6.08 Å². The zero-order chi connectivity index (χ0) is 22.5. The van der Waals surface area contributed by atoms with Crippen LogP contribution >= 0.6 is 27.7 Å². The van der Waals surface area contributed by atoms with Crippen molar-refractivity contribution in [3.05, 3.63) is 57.2 Å². The van der Waals surface area contributed by atoms with E-state index in [1.54, 1.807) is 25.1 Å².